The number of para-hydroxylation sites is 1. The van der Waals surface area contributed by atoms with Crippen LogP contribution < -0.4 is 26.6 Å². The molecule has 3 aromatic rings. The average molecular weight is 713 g/mol. The number of nitrogen functional groups attached to an aromatic ring is 1. The molecule has 1 fully saturated rings. The number of hydrogen-bond donors (Lipinski definition) is 5. The number of hydrogen-bond acceptors (Lipinski definition) is 11. The lowest BCUT2D eigenvalue weighted by Crippen LogP contribution is -2.44. The summed E-state index contributed by atoms with van der Waals surface area (Å²) < 4.78 is 0. The third-order valence-electron chi connectivity index (χ3n) is 9.41. The number of rotatable bonds is 16. The van der Waals surface area contributed by atoms with Crippen molar-refractivity contribution in [3.05, 3.63) is 59.7 Å². The number of carbonyl (C=O) groups is 6. The van der Waals surface area contributed by atoms with E-state index in [9.17, 15) is 33.9 Å². The number of aromatic nitrogens is 2. The van der Waals surface area contributed by atoms with Gasteiger partial charge in [0.25, 0.3) is 11.8 Å². The predicted molar refractivity (Wildman–Crippen MR) is 193 cm³/mol. The van der Waals surface area contributed by atoms with Crippen LogP contribution in [0.3, 0.4) is 0 Å². The number of aromatic hydroxyl groups is 1. The Bertz CT molecular complexity index is 1830. The van der Waals surface area contributed by atoms with Crippen LogP contribution in [0.15, 0.2) is 48.5 Å². The highest BCUT2D eigenvalue weighted by Gasteiger charge is 2.40. The van der Waals surface area contributed by atoms with Crippen LogP contribution >= 0.6 is 0 Å². The monoisotopic (exact) mass is 712 g/mol. The molecule has 1 atom stereocenters. The highest BCUT2D eigenvalue weighted by Crippen LogP contribution is 2.33. The third kappa shape index (κ3) is 9.08. The zero-order valence-corrected chi connectivity index (χ0v) is 29.1. The molecular formula is C37H44N8O7. The standard InChI is InChI=1S/C37H44N8O7/c1-23(15-16-31(48)39-22-46)45-36(51)26-10-8-11-27(34(26)37(45)52)41-33(50)14-5-3-2-4-13-32(49)40-24-17-19-44(20-18-24)29-21-28(42-43-35(29)38)25-9-6-7-12-30(25)47/h6-12,21-24,47H,2-5,13-20H2,1H3,(H2,38,43)(H,40,49)(H,41,50)(H,39,46,48). The van der Waals surface area contributed by atoms with E-state index >= 15 is 0 Å². The molecule has 15 heteroatoms. The average Bonchev–Trinajstić information content (AvgIpc) is 3.39. The molecule has 0 radical (unpaired) electrons. The summed E-state index contributed by atoms with van der Waals surface area (Å²) in [5, 5.41) is 26.4. The van der Waals surface area contributed by atoms with Crippen molar-refractivity contribution in [2.45, 2.75) is 83.2 Å². The topological polar surface area (TPSA) is 217 Å². The summed E-state index contributed by atoms with van der Waals surface area (Å²) in [6.45, 7) is 3.01. The fourth-order valence-corrected chi connectivity index (χ4v) is 6.58. The molecule has 6 amide bonds. The fourth-order valence-electron chi connectivity index (χ4n) is 6.58. The first-order chi connectivity index (χ1) is 25.1. The number of piperidine rings is 1. The maximum absolute atomic E-state index is 13.2. The van der Waals surface area contributed by atoms with Crippen molar-refractivity contribution in [3.8, 4) is 17.0 Å². The van der Waals surface area contributed by atoms with E-state index in [1.807, 2.05) is 17.4 Å². The summed E-state index contributed by atoms with van der Waals surface area (Å²) in [6.07, 6.45) is 5.34. The number of benzene rings is 2. The van der Waals surface area contributed by atoms with Gasteiger partial charge in [-0.1, -0.05) is 31.0 Å². The van der Waals surface area contributed by atoms with E-state index in [1.165, 1.54) is 6.07 Å². The first-order valence-corrected chi connectivity index (χ1v) is 17.6. The summed E-state index contributed by atoms with van der Waals surface area (Å²) in [4.78, 5) is 77.0. The number of anilines is 3. The molecule has 15 nitrogen and oxygen atoms in total. The Kier molecular flexibility index (Phi) is 12.5. The second-order valence-corrected chi connectivity index (χ2v) is 13.1. The van der Waals surface area contributed by atoms with E-state index in [1.54, 1.807) is 37.3 Å². The van der Waals surface area contributed by atoms with Gasteiger partial charge in [0, 0.05) is 50.0 Å². The normalized spacial score (nSPS) is 14.9. The molecular weight excluding hydrogens is 668 g/mol. The minimum atomic E-state index is -0.592. The summed E-state index contributed by atoms with van der Waals surface area (Å²) in [5.74, 6) is -1.41. The Morgan fingerprint density at radius 2 is 1.60 bits per heavy atom. The molecule has 0 saturated carbocycles. The molecule has 0 bridgehead atoms. The molecule has 0 aliphatic carbocycles. The molecule has 274 valence electrons. The zero-order valence-electron chi connectivity index (χ0n) is 29.1. The third-order valence-corrected chi connectivity index (χ3v) is 9.41. The van der Waals surface area contributed by atoms with Crippen molar-refractivity contribution in [2.24, 2.45) is 0 Å². The maximum atomic E-state index is 13.2. The van der Waals surface area contributed by atoms with Gasteiger partial charge in [-0.2, -0.15) is 0 Å². The van der Waals surface area contributed by atoms with Crippen molar-refractivity contribution in [2.75, 3.05) is 29.0 Å². The summed E-state index contributed by atoms with van der Waals surface area (Å²) in [5.41, 5.74) is 8.57. The van der Waals surface area contributed by atoms with Crippen LogP contribution in [0.2, 0.25) is 0 Å². The van der Waals surface area contributed by atoms with Crippen molar-refractivity contribution < 1.29 is 33.9 Å². The molecule has 6 N–H and O–H groups in total. The Balaban J connectivity index is 0.992. The van der Waals surface area contributed by atoms with Gasteiger partial charge in [-0.05, 0) is 69.4 Å². The molecule has 52 heavy (non-hydrogen) atoms. The molecule has 3 heterocycles. The minimum absolute atomic E-state index is 0.00661. The first-order valence-electron chi connectivity index (χ1n) is 17.6. The number of amides is 6. The fraction of sp³-hybridized carbons (Fsp3) is 0.405. The first kappa shape index (κ1) is 37.4. The highest BCUT2D eigenvalue weighted by molar-refractivity contribution is 6.24. The number of nitrogens with two attached hydrogens (primary N) is 1. The van der Waals surface area contributed by atoms with E-state index < -0.39 is 23.8 Å². The van der Waals surface area contributed by atoms with Crippen LogP contribution in [0.4, 0.5) is 17.2 Å². The molecule has 1 unspecified atom stereocenters. The molecule has 1 aromatic heterocycles. The van der Waals surface area contributed by atoms with E-state index in [-0.39, 0.29) is 66.1 Å². The van der Waals surface area contributed by atoms with Crippen molar-refractivity contribution in [3.63, 3.8) is 0 Å². The quantitative estimate of drug-likeness (QED) is 0.0822. The zero-order chi connectivity index (χ0) is 37.2. The van der Waals surface area contributed by atoms with E-state index in [0.29, 0.717) is 49.4 Å². The van der Waals surface area contributed by atoms with Gasteiger partial charge in [0.2, 0.25) is 24.1 Å². The smallest absolute Gasteiger partial charge is 0.263 e. The highest BCUT2D eigenvalue weighted by atomic mass is 16.3. The number of phenolic OH excluding ortho intramolecular Hbond substituents is 1. The van der Waals surface area contributed by atoms with Crippen LogP contribution in [0.5, 0.6) is 5.75 Å². The van der Waals surface area contributed by atoms with Crippen LogP contribution in [0.25, 0.3) is 11.3 Å². The number of unbranched alkanes of at least 4 members (excludes halogenated alkanes) is 3. The number of phenols is 1. The van der Waals surface area contributed by atoms with Crippen molar-refractivity contribution >= 4 is 53.1 Å². The lowest BCUT2D eigenvalue weighted by atomic mass is 10.0. The van der Waals surface area contributed by atoms with Gasteiger partial charge in [0.1, 0.15) is 5.75 Å². The number of fused-ring (bicyclic) bond motifs is 1. The van der Waals surface area contributed by atoms with Crippen LogP contribution in [-0.4, -0.2) is 81.3 Å². The van der Waals surface area contributed by atoms with Gasteiger partial charge in [-0.3, -0.25) is 39.0 Å². The Hall–Kier alpha value is -5.86. The summed E-state index contributed by atoms with van der Waals surface area (Å²) in [7, 11) is 0. The minimum Gasteiger partial charge on any atom is -0.507 e. The summed E-state index contributed by atoms with van der Waals surface area (Å²) in [6, 6.07) is 12.9. The molecule has 5 rings (SSSR count). The molecule has 2 aliphatic heterocycles. The molecule has 2 aromatic carbocycles. The number of nitrogens with zero attached hydrogens (tertiary/aromatic N) is 4. The van der Waals surface area contributed by atoms with Crippen LogP contribution in [0, 0.1) is 0 Å². The molecule has 1 saturated heterocycles. The van der Waals surface area contributed by atoms with Gasteiger partial charge in [-0.15, -0.1) is 10.2 Å². The van der Waals surface area contributed by atoms with Gasteiger partial charge in [0.05, 0.1) is 28.2 Å². The van der Waals surface area contributed by atoms with Gasteiger partial charge < -0.3 is 26.4 Å². The van der Waals surface area contributed by atoms with Gasteiger partial charge >= 0.3 is 0 Å². The second-order valence-electron chi connectivity index (χ2n) is 13.1. The Labute approximate surface area is 301 Å². The SMILES string of the molecule is CC(CCC(=O)NC=O)N1C(=O)c2cccc(NC(=O)CCCCCCC(=O)NC3CCN(c4cc(-c5ccccc5O)nnc4N)CC3)c2C1=O. The van der Waals surface area contributed by atoms with Gasteiger partial charge in [-0.25, -0.2) is 0 Å². The van der Waals surface area contributed by atoms with E-state index in [0.717, 1.165) is 36.3 Å². The second kappa shape index (κ2) is 17.4. The Morgan fingerprint density at radius 3 is 2.31 bits per heavy atom. The van der Waals surface area contributed by atoms with Crippen LogP contribution in [-0.2, 0) is 19.2 Å². The van der Waals surface area contributed by atoms with Gasteiger partial charge in [0.15, 0.2) is 5.82 Å². The predicted octanol–water partition coefficient (Wildman–Crippen LogP) is 3.53. The Morgan fingerprint density at radius 1 is 0.904 bits per heavy atom. The maximum Gasteiger partial charge on any atom is 0.263 e. The van der Waals surface area contributed by atoms with Crippen LogP contribution in [0.1, 0.15) is 91.8 Å². The number of nitrogens with one attached hydrogen (secondary N) is 3. The van der Waals surface area contributed by atoms with Crippen molar-refractivity contribution in [1.82, 2.24) is 25.7 Å². The molecule has 2 aliphatic rings. The van der Waals surface area contributed by atoms with Crippen molar-refractivity contribution in [1.29, 1.82) is 0 Å². The van der Waals surface area contributed by atoms with E-state index in [2.05, 4.69) is 25.7 Å². The number of imide groups is 2. The lowest BCUT2D eigenvalue weighted by molar-refractivity contribution is -0.125. The van der Waals surface area contributed by atoms with E-state index in [4.69, 9.17) is 5.73 Å². The number of carbonyl (C=O) groups excluding carboxylic acids is 6. The molecule has 0 spiro atoms. The lowest BCUT2D eigenvalue weighted by Gasteiger charge is -2.34. The summed E-state index contributed by atoms with van der Waals surface area (Å²) >= 11 is 0. The largest absolute Gasteiger partial charge is 0.507 e.